The molecule has 2 amide bonds. The summed E-state index contributed by atoms with van der Waals surface area (Å²) >= 11 is 0. The van der Waals surface area contributed by atoms with E-state index in [2.05, 4.69) is 16.2 Å². The van der Waals surface area contributed by atoms with Gasteiger partial charge in [0.25, 0.3) is 0 Å². The van der Waals surface area contributed by atoms with Crippen molar-refractivity contribution in [1.82, 2.24) is 24.8 Å². The van der Waals surface area contributed by atoms with Gasteiger partial charge in [-0.1, -0.05) is 12.8 Å². The lowest BCUT2D eigenvalue weighted by Crippen LogP contribution is -2.40. The number of amides is 2. The van der Waals surface area contributed by atoms with Crippen molar-refractivity contribution >= 4 is 11.7 Å². The maximum absolute atomic E-state index is 12.6. The van der Waals surface area contributed by atoms with Gasteiger partial charge in [-0.2, -0.15) is 23.5 Å². The number of carbonyl (C=O) groups is 1. The van der Waals surface area contributed by atoms with Crippen LogP contribution in [0.1, 0.15) is 62.6 Å². The van der Waals surface area contributed by atoms with E-state index in [1.807, 2.05) is 5.32 Å². The highest BCUT2D eigenvalue weighted by Crippen LogP contribution is 2.32. The molecule has 2 aromatic heterocycles. The number of carbonyl (C=O) groups excluding carboxylic acids is 1. The normalized spacial score (nSPS) is 21.4. The van der Waals surface area contributed by atoms with Crippen LogP contribution in [0.4, 0.5) is 26.7 Å². The highest BCUT2D eigenvalue weighted by atomic mass is 19.4. The van der Waals surface area contributed by atoms with Crippen molar-refractivity contribution in [2.45, 2.75) is 82.6 Å². The quantitative estimate of drug-likeness (QED) is 0.583. The van der Waals surface area contributed by atoms with Crippen LogP contribution in [-0.2, 0) is 13.1 Å². The second-order valence-electron chi connectivity index (χ2n) is 9.20. The molecule has 3 aliphatic rings. The van der Waals surface area contributed by atoms with Crippen molar-refractivity contribution in [2.75, 3.05) is 6.54 Å². The molecule has 13 heteroatoms. The minimum absolute atomic E-state index is 0.0345. The molecule has 2 aliphatic carbocycles. The first-order valence-corrected chi connectivity index (χ1v) is 11.9. The lowest BCUT2D eigenvalue weighted by molar-refractivity contribution is -0.149. The molecule has 1 saturated heterocycles. The zero-order chi connectivity index (χ0) is 26.3. The summed E-state index contributed by atoms with van der Waals surface area (Å²) in [5.41, 5.74) is 7.27. The maximum Gasteiger partial charge on any atom is 0.410 e. The average molecular weight is 516 g/mol. The molecular formula is C23H30F5N7O. The third-order valence-electron chi connectivity index (χ3n) is 6.27. The van der Waals surface area contributed by atoms with E-state index in [4.69, 9.17) is 11.0 Å². The van der Waals surface area contributed by atoms with Gasteiger partial charge in [0, 0.05) is 31.8 Å². The number of alkyl halides is 5. The number of aromatic nitrogens is 3. The van der Waals surface area contributed by atoms with Gasteiger partial charge in [-0.05, 0) is 37.3 Å². The van der Waals surface area contributed by atoms with Crippen molar-refractivity contribution in [3.05, 3.63) is 29.7 Å². The predicted molar refractivity (Wildman–Crippen MR) is 121 cm³/mol. The number of hydrogen-bond acceptors (Lipinski definition) is 5. The Morgan fingerprint density at radius 1 is 1.19 bits per heavy atom. The fraction of sp³-hybridized carbons (Fsp3) is 0.652. The fourth-order valence-electron chi connectivity index (χ4n) is 3.89. The second kappa shape index (κ2) is 11.8. The fourth-order valence-corrected chi connectivity index (χ4v) is 3.89. The minimum Gasteiger partial charge on any atom is -0.325 e. The van der Waals surface area contributed by atoms with Gasteiger partial charge in [0.1, 0.15) is 6.04 Å². The molecular weight excluding hydrogens is 485 g/mol. The summed E-state index contributed by atoms with van der Waals surface area (Å²) in [6.45, 7) is -0.122. The van der Waals surface area contributed by atoms with Crippen molar-refractivity contribution < 1.29 is 26.7 Å². The van der Waals surface area contributed by atoms with Crippen LogP contribution in [0.3, 0.4) is 0 Å². The molecule has 5 rings (SSSR count). The van der Waals surface area contributed by atoms with Crippen LogP contribution in [0.15, 0.2) is 18.5 Å². The molecule has 0 bridgehead atoms. The highest BCUT2D eigenvalue weighted by Gasteiger charge is 2.46. The van der Waals surface area contributed by atoms with Crippen LogP contribution in [0.25, 0.3) is 5.65 Å². The molecule has 3 N–H and O–H groups in total. The van der Waals surface area contributed by atoms with E-state index >= 15 is 0 Å². The van der Waals surface area contributed by atoms with Gasteiger partial charge in [0.05, 0.1) is 30.7 Å². The number of halogens is 5. The Morgan fingerprint density at radius 2 is 1.89 bits per heavy atom. The van der Waals surface area contributed by atoms with Crippen LogP contribution in [-0.4, -0.2) is 50.2 Å². The third-order valence-corrected chi connectivity index (χ3v) is 6.27. The average Bonchev–Trinajstić information content (AvgIpc) is 3.36. The van der Waals surface area contributed by atoms with E-state index in [1.54, 1.807) is 12.3 Å². The summed E-state index contributed by atoms with van der Waals surface area (Å²) in [6.07, 6.45) is 4.94. The number of rotatable bonds is 3. The third kappa shape index (κ3) is 7.74. The Kier molecular flexibility index (Phi) is 9.05. The van der Waals surface area contributed by atoms with E-state index in [9.17, 15) is 26.7 Å². The largest absolute Gasteiger partial charge is 0.410 e. The molecule has 0 spiro atoms. The molecule has 1 aliphatic heterocycles. The molecule has 8 nitrogen and oxygen atoms in total. The number of nitrogens with one attached hydrogen (secondary N) is 1. The maximum atomic E-state index is 12.6. The number of nitriles is 1. The molecule has 36 heavy (non-hydrogen) atoms. The molecule has 0 radical (unpaired) electrons. The van der Waals surface area contributed by atoms with Gasteiger partial charge >= 0.3 is 12.2 Å². The van der Waals surface area contributed by atoms with Gasteiger partial charge in [0.15, 0.2) is 5.65 Å². The molecule has 1 atom stereocenters. The lowest BCUT2D eigenvalue weighted by atomic mass is 9.87. The SMILES string of the molecule is FC1(F)CCCCC1.N#CC1CCC1.NCc1cn2ncc(CN3CC(C(F)(F)F)NC3=O)cc2n1. The molecule has 198 valence electrons. The number of nitrogens with zero attached hydrogens (tertiary/aromatic N) is 5. The van der Waals surface area contributed by atoms with Gasteiger partial charge in [-0.15, -0.1) is 0 Å². The molecule has 1 unspecified atom stereocenters. The summed E-state index contributed by atoms with van der Waals surface area (Å²) < 4.78 is 63.8. The number of fused-ring (bicyclic) bond motifs is 1. The Labute approximate surface area is 205 Å². The lowest BCUT2D eigenvalue weighted by Gasteiger charge is -2.20. The van der Waals surface area contributed by atoms with Gasteiger partial charge < -0.3 is 16.0 Å². The summed E-state index contributed by atoms with van der Waals surface area (Å²) in [5, 5.41) is 14.2. The first-order valence-electron chi connectivity index (χ1n) is 11.9. The van der Waals surface area contributed by atoms with Crippen molar-refractivity contribution in [1.29, 1.82) is 5.26 Å². The molecule has 3 heterocycles. The Hall–Kier alpha value is -3.01. The molecule has 0 aromatic carbocycles. The first kappa shape index (κ1) is 27.6. The van der Waals surface area contributed by atoms with Crippen molar-refractivity contribution in [2.24, 2.45) is 11.7 Å². The smallest absolute Gasteiger partial charge is 0.325 e. The summed E-state index contributed by atoms with van der Waals surface area (Å²) in [5.74, 6) is -1.90. The van der Waals surface area contributed by atoms with E-state index < -0.39 is 30.7 Å². The van der Waals surface area contributed by atoms with Crippen LogP contribution >= 0.6 is 0 Å². The van der Waals surface area contributed by atoms with Crippen molar-refractivity contribution in [3.63, 3.8) is 0 Å². The minimum atomic E-state index is -4.45. The molecule has 2 aromatic rings. The van der Waals surface area contributed by atoms with E-state index in [0.29, 0.717) is 35.7 Å². The first-order chi connectivity index (χ1) is 17.0. The Balaban J connectivity index is 0.000000209. The van der Waals surface area contributed by atoms with Crippen LogP contribution in [0, 0.1) is 17.2 Å². The summed E-state index contributed by atoms with van der Waals surface area (Å²) in [7, 11) is 0. The zero-order valence-corrected chi connectivity index (χ0v) is 19.8. The highest BCUT2D eigenvalue weighted by molar-refractivity contribution is 5.77. The Bertz CT molecular complexity index is 1050. The zero-order valence-electron chi connectivity index (χ0n) is 19.8. The van der Waals surface area contributed by atoms with E-state index in [-0.39, 0.29) is 25.9 Å². The predicted octanol–water partition coefficient (Wildman–Crippen LogP) is 4.54. The van der Waals surface area contributed by atoms with Crippen LogP contribution < -0.4 is 11.1 Å². The topological polar surface area (TPSA) is 112 Å². The summed E-state index contributed by atoms with van der Waals surface area (Å²) in [4.78, 5) is 16.9. The Morgan fingerprint density at radius 3 is 2.33 bits per heavy atom. The number of imidazole rings is 1. The van der Waals surface area contributed by atoms with Gasteiger partial charge in [-0.3, -0.25) is 0 Å². The van der Waals surface area contributed by atoms with Crippen LogP contribution in [0.2, 0.25) is 0 Å². The second-order valence-corrected chi connectivity index (χ2v) is 9.20. The standard InChI is InChI=1S/C12H13F3N6O.C6H10F2.C5H7N/c13-12(14,15)9-6-20(11(22)19-9)4-7-1-10-18-8(2-16)5-21(10)17-3-7;7-6(8)4-2-1-3-5-6;6-4-5-2-1-3-5/h1,3,5,9H,2,4,6,16H2,(H,19,22);1-5H2;5H,1-3H2. The number of urea groups is 1. The van der Waals surface area contributed by atoms with Crippen molar-refractivity contribution in [3.8, 4) is 6.07 Å². The van der Waals surface area contributed by atoms with Gasteiger partial charge in [-0.25, -0.2) is 23.1 Å². The van der Waals surface area contributed by atoms with E-state index in [0.717, 1.165) is 24.2 Å². The van der Waals surface area contributed by atoms with E-state index in [1.165, 1.54) is 17.1 Å². The van der Waals surface area contributed by atoms with Crippen LogP contribution in [0.5, 0.6) is 0 Å². The number of hydrogen-bond donors (Lipinski definition) is 2. The monoisotopic (exact) mass is 515 g/mol. The van der Waals surface area contributed by atoms with Gasteiger partial charge in [0.2, 0.25) is 5.92 Å². The molecule has 2 saturated carbocycles. The molecule has 3 fully saturated rings. The number of nitrogens with two attached hydrogens (primary N) is 1. The summed E-state index contributed by atoms with van der Waals surface area (Å²) in [6, 6.07) is 1.29.